The lowest BCUT2D eigenvalue weighted by Crippen LogP contribution is -2.76. The Hall–Kier alpha value is -3.09. The molecule has 3 saturated heterocycles. The van der Waals surface area contributed by atoms with E-state index in [1.807, 2.05) is 27.7 Å². The summed E-state index contributed by atoms with van der Waals surface area (Å²) in [4.78, 5) is 40.4. The van der Waals surface area contributed by atoms with Crippen LogP contribution in [0.1, 0.15) is 108 Å². The number of rotatable bonds is 14. The molecule has 0 radical (unpaired) electrons. The van der Waals surface area contributed by atoms with Crippen molar-refractivity contribution in [3.05, 3.63) is 34.9 Å². The molecule has 13 N–H and O–H groups in total. The number of carboxylic acids is 1. The highest BCUT2D eigenvalue weighted by atomic mass is 16.8. The number of aliphatic carboxylic acids is 1. The molecule has 5 aliphatic carbocycles. The van der Waals surface area contributed by atoms with Crippen molar-refractivity contribution >= 4 is 17.9 Å². The summed E-state index contributed by atoms with van der Waals surface area (Å²) in [6.07, 6.45) is -26.1. The minimum Gasteiger partial charge on any atom is -0.479 e. The van der Waals surface area contributed by atoms with Crippen molar-refractivity contribution in [3.63, 3.8) is 0 Å². The highest BCUT2D eigenvalue weighted by Gasteiger charge is 2.77. The summed E-state index contributed by atoms with van der Waals surface area (Å²) in [5.41, 5.74) is -5.25. The van der Waals surface area contributed by atoms with Crippen LogP contribution >= 0.6 is 0 Å². The summed E-state index contributed by atoms with van der Waals surface area (Å²) in [6.45, 7) is 15.6. The molecule has 0 aromatic heterocycles. The van der Waals surface area contributed by atoms with E-state index in [9.17, 15) is 80.8 Å². The highest BCUT2D eigenvalue weighted by molar-refractivity contribution is 5.89. The molecule has 460 valence electrons. The molecule has 81 heavy (non-hydrogen) atoms. The fourth-order valence-corrected chi connectivity index (χ4v) is 16.2. The minimum absolute atomic E-state index is 0.165. The third-order valence-corrected chi connectivity index (χ3v) is 21.5. The molecule has 0 aromatic carbocycles. The Morgan fingerprint density at radius 3 is 1.85 bits per heavy atom. The van der Waals surface area contributed by atoms with Gasteiger partial charge >= 0.3 is 17.9 Å². The summed E-state index contributed by atoms with van der Waals surface area (Å²) in [6, 6.07) is 0. The maximum atomic E-state index is 13.9. The molecule has 0 bridgehead atoms. The molecular weight excluding hydrogens is 1070 g/mol. The van der Waals surface area contributed by atoms with Gasteiger partial charge < -0.3 is 104 Å². The minimum atomic E-state index is -2.18. The number of carboxylic acid groups (broad SMARTS) is 1. The van der Waals surface area contributed by atoms with Crippen LogP contribution in [0, 0.1) is 50.2 Å². The first-order valence-corrected chi connectivity index (χ1v) is 28.3. The van der Waals surface area contributed by atoms with E-state index in [1.54, 1.807) is 39.8 Å². The van der Waals surface area contributed by atoms with Gasteiger partial charge in [0.2, 0.25) is 0 Å². The first kappa shape index (κ1) is 63.9. The van der Waals surface area contributed by atoms with Crippen LogP contribution in [0.3, 0.4) is 0 Å². The van der Waals surface area contributed by atoms with E-state index < -0.39 is 205 Å². The van der Waals surface area contributed by atoms with Gasteiger partial charge in [0, 0.05) is 27.4 Å². The number of carbonyl (C=O) groups is 3. The number of carbonyl (C=O) groups excluding carboxylic acids is 2. The van der Waals surface area contributed by atoms with Crippen LogP contribution in [0.2, 0.25) is 0 Å². The van der Waals surface area contributed by atoms with Gasteiger partial charge in [0.1, 0.15) is 67.1 Å². The molecule has 8 aliphatic rings. The van der Waals surface area contributed by atoms with Crippen molar-refractivity contribution in [2.75, 3.05) is 26.4 Å². The molecule has 3 aliphatic heterocycles. The zero-order valence-corrected chi connectivity index (χ0v) is 47.8. The lowest BCUT2D eigenvalue weighted by Gasteiger charge is -2.73. The van der Waals surface area contributed by atoms with Crippen LogP contribution in [0.25, 0.3) is 0 Å². The van der Waals surface area contributed by atoms with Gasteiger partial charge in [-0.1, -0.05) is 65.3 Å². The van der Waals surface area contributed by atoms with E-state index in [0.29, 0.717) is 31.3 Å². The smallest absolute Gasteiger partial charge is 0.335 e. The predicted molar refractivity (Wildman–Crippen MR) is 278 cm³/mol. The summed E-state index contributed by atoms with van der Waals surface area (Å²) in [7, 11) is 0. The number of fused-ring (bicyclic) bond motifs is 7. The number of hydrogen-bond acceptors (Lipinski definition) is 23. The average molecular weight is 1160 g/mol. The molecular formula is C57H88O24. The maximum absolute atomic E-state index is 13.9. The van der Waals surface area contributed by atoms with Crippen molar-refractivity contribution in [1.29, 1.82) is 0 Å². The number of aliphatic hydroxyl groups is 12. The Labute approximate surface area is 471 Å². The molecule has 0 aromatic rings. The third kappa shape index (κ3) is 10.1. The molecule has 3 heterocycles. The standard InChI is InChI=1S/C57H88O24/c1-11-24(3)47(72)80-44-45(81-48(73)25(4)12-2)57(23-60)27(19-52(44,5)6)26-13-14-31-53(7)17-16-32(54(8,22-59)30(53)15-18-55(31,9)56(26,10)42(68)43(57)69)76-51-41(79-50-37(66)35(64)34(63)29(20-58)75-50)39(38(67)40(78-51)46(70)71)77-49-36(65)33(62)28(61)21-74-49/h11-13,27-45,49-51,58-69H,14-23H2,1-10H3,(H,70,71)/b24-11+,25-12-/t27?,28-,29-,30?,31?,32+,33+,34+,35+,36-,37-,38+,39+,40+,41-,42+,43-,44+,45+,49+,50+,51+,53+,54-,55-,56+,57+/m1/s1. The predicted octanol–water partition coefficient (Wildman–Crippen LogP) is -0.765. The van der Waals surface area contributed by atoms with Crippen molar-refractivity contribution in [2.45, 2.75) is 224 Å². The van der Waals surface area contributed by atoms with Crippen molar-refractivity contribution in [3.8, 4) is 0 Å². The molecule has 24 nitrogen and oxygen atoms in total. The molecule has 4 saturated carbocycles. The van der Waals surface area contributed by atoms with Crippen molar-refractivity contribution in [2.24, 2.45) is 50.2 Å². The van der Waals surface area contributed by atoms with Gasteiger partial charge in [-0.3, -0.25) is 0 Å². The monoisotopic (exact) mass is 1160 g/mol. The first-order chi connectivity index (χ1) is 37.9. The van der Waals surface area contributed by atoms with Gasteiger partial charge in [0.25, 0.3) is 0 Å². The Balaban J connectivity index is 1.15. The Bertz CT molecular complexity index is 2410. The second-order valence-corrected chi connectivity index (χ2v) is 25.9. The molecule has 8 rings (SSSR count). The number of ether oxygens (including phenoxy) is 8. The summed E-state index contributed by atoms with van der Waals surface area (Å²) >= 11 is 0. The van der Waals surface area contributed by atoms with Crippen molar-refractivity contribution in [1.82, 2.24) is 0 Å². The zero-order chi connectivity index (χ0) is 60.0. The van der Waals surface area contributed by atoms with Gasteiger partial charge in [-0.15, -0.1) is 0 Å². The van der Waals surface area contributed by atoms with E-state index in [2.05, 4.69) is 19.9 Å². The Morgan fingerprint density at radius 2 is 1.27 bits per heavy atom. The second kappa shape index (κ2) is 23.3. The van der Waals surface area contributed by atoms with Crippen LogP contribution < -0.4 is 0 Å². The Kier molecular flexibility index (Phi) is 18.4. The molecule has 24 heteroatoms. The molecule has 0 spiro atoms. The van der Waals surface area contributed by atoms with E-state index in [4.69, 9.17) is 37.9 Å². The normalized spacial score (nSPS) is 49.9. The summed E-state index contributed by atoms with van der Waals surface area (Å²) in [5, 5.41) is 146. The Morgan fingerprint density at radius 1 is 0.667 bits per heavy atom. The van der Waals surface area contributed by atoms with Crippen LogP contribution in [0.5, 0.6) is 0 Å². The fraction of sp³-hybridized carbons (Fsp3) is 0.842. The lowest BCUT2D eigenvalue weighted by molar-refractivity contribution is -0.393. The van der Waals surface area contributed by atoms with Gasteiger partial charge in [0.05, 0.1) is 50.2 Å². The average Bonchev–Trinajstić information content (AvgIpc) is 0.808. The van der Waals surface area contributed by atoms with E-state index in [1.165, 1.54) is 0 Å². The maximum Gasteiger partial charge on any atom is 0.335 e. The highest BCUT2D eigenvalue weighted by Crippen LogP contribution is 2.76. The molecule has 0 amide bonds. The van der Waals surface area contributed by atoms with Gasteiger partial charge in [0.15, 0.2) is 31.1 Å². The largest absolute Gasteiger partial charge is 0.479 e. The van der Waals surface area contributed by atoms with Gasteiger partial charge in [-0.25, -0.2) is 14.4 Å². The second-order valence-electron chi connectivity index (χ2n) is 25.9. The van der Waals surface area contributed by atoms with E-state index in [0.717, 1.165) is 5.57 Å². The van der Waals surface area contributed by atoms with Crippen molar-refractivity contribution < 1.29 is 119 Å². The molecule has 27 atom stereocenters. The lowest BCUT2D eigenvalue weighted by atomic mass is 9.32. The third-order valence-electron chi connectivity index (χ3n) is 21.5. The number of esters is 2. The summed E-state index contributed by atoms with van der Waals surface area (Å²) in [5.74, 6) is -4.48. The van der Waals surface area contributed by atoms with Crippen LogP contribution in [-0.4, -0.2) is 227 Å². The summed E-state index contributed by atoms with van der Waals surface area (Å²) < 4.78 is 48.7. The molecule has 3 unspecified atom stereocenters. The SMILES string of the molecule is C/C=C(/C)C(=O)O[C@H]1[C@H](OC(=O)/C(C)=C/C)C(C)(C)CC2C3=CCC4[C@@]5(C)CC[C@H](O[C@H]6O[C@H](C(=O)O)[C@@H](O)[C@H](O[C@@H]7OC[C@@H](O)[C@H](O)[C@H]7O)[C@H]6O[C@@H]6O[C@H](CO)[C@H](O)[C@H](O)[C@H]6O)[C@](C)(CO)C5CC[C@@]4(C)[C@]3(C)[C@@H](O)[C@@H](O)[C@]21CO. The first-order valence-electron chi connectivity index (χ1n) is 28.3. The molecule has 7 fully saturated rings. The van der Waals surface area contributed by atoms with Crippen LogP contribution in [-0.2, 0) is 52.3 Å². The van der Waals surface area contributed by atoms with Crippen LogP contribution in [0.4, 0.5) is 0 Å². The zero-order valence-electron chi connectivity index (χ0n) is 47.8. The quantitative estimate of drug-likeness (QED) is 0.0440. The topological polar surface area (TPSA) is 388 Å². The van der Waals surface area contributed by atoms with E-state index in [-0.39, 0.29) is 24.3 Å². The van der Waals surface area contributed by atoms with Gasteiger partial charge in [-0.2, -0.15) is 0 Å². The van der Waals surface area contributed by atoms with Crippen LogP contribution in [0.15, 0.2) is 34.9 Å². The fourth-order valence-electron chi connectivity index (χ4n) is 16.2. The number of hydrogen-bond donors (Lipinski definition) is 13. The number of allylic oxidation sites excluding steroid dienone is 3. The van der Waals surface area contributed by atoms with Gasteiger partial charge in [-0.05, 0) is 94.8 Å². The number of aliphatic hydroxyl groups excluding tert-OH is 12. The van der Waals surface area contributed by atoms with E-state index >= 15 is 0 Å².